The van der Waals surface area contributed by atoms with Gasteiger partial charge in [-0.15, -0.1) is 0 Å². The summed E-state index contributed by atoms with van der Waals surface area (Å²) in [6.45, 7) is 13.3. The molecule has 0 unspecified atom stereocenters. The minimum absolute atomic E-state index is 0.0221. The summed E-state index contributed by atoms with van der Waals surface area (Å²) < 4.78 is 7.67. The first kappa shape index (κ1) is 26.0. The van der Waals surface area contributed by atoms with Crippen molar-refractivity contribution in [2.75, 3.05) is 68.8 Å². The highest BCUT2D eigenvalue weighted by Gasteiger charge is 2.45. The Morgan fingerprint density at radius 2 is 1.85 bits per heavy atom. The molecule has 0 radical (unpaired) electrons. The fraction of sp³-hybridized carbons (Fsp3) is 0.500. The van der Waals surface area contributed by atoms with Crippen molar-refractivity contribution < 1.29 is 4.74 Å². The quantitative estimate of drug-likeness (QED) is 0.521. The van der Waals surface area contributed by atoms with Crippen LogP contribution in [0.2, 0.25) is 0 Å². The summed E-state index contributed by atoms with van der Waals surface area (Å²) >= 11 is 0. The lowest BCUT2D eigenvalue weighted by molar-refractivity contribution is -0.0831. The van der Waals surface area contributed by atoms with Crippen molar-refractivity contribution in [1.82, 2.24) is 24.8 Å². The van der Waals surface area contributed by atoms with Gasteiger partial charge in [0, 0.05) is 81.9 Å². The van der Waals surface area contributed by atoms with Gasteiger partial charge in [0.15, 0.2) is 0 Å². The summed E-state index contributed by atoms with van der Waals surface area (Å²) in [4.78, 5) is 29.1. The van der Waals surface area contributed by atoms with E-state index in [4.69, 9.17) is 14.7 Å². The van der Waals surface area contributed by atoms with Gasteiger partial charge in [0.25, 0.3) is 5.56 Å². The van der Waals surface area contributed by atoms with E-state index in [1.165, 1.54) is 5.56 Å². The number of anilines is 2. The molecule has 0 bridgehead atoms. The van der Waals surface area contributed by atoms with E-state index in [1.54, 1.807) is 4.57 Å². The van der Waals surface area contributed by atoms with Gasteiger partial charge in [0.2, 0.25) is 0 Å². The predicted molar refractivity (Wildman–Crippen MR) is 155 cm³/mol. The molecule has 1 N–H and O–H groups in total. The maximum absolute atomic E-state index is 12.1. The van der Waals surface area contributed by atoms with Crippen molar-refractivity contribution in [3.63, 3.8) is 0 Å². The van der Waals surface area contributed by atoms with Crippen LogP contribution < -0.4 is 20.7 Å². The summed E-state index contributed by atoms with van der Waals surface area (Å²) in [6.07, 6.45) is 4.78. The third kappa shape index (κ3) is 5.31. The second-order valence-corrected chi connectivity index (χ2v) is 11.2. The fourth-order valence-electron chi connectivity index (χ4n) is 6.04. The van der Waals surface area contributed by atoms with E-state index in [1.807, 2.05) is 32.4 Å². The fourth-order valence-corrected chi connectivity index (χ4v) is 6.04. The molecule has 6 rings (SSSR count). The number of aromatic nitrogens is 3. The summed E-state index contributed by atoms with van der Waals surface area (Å²) in [7, 11) is 1.81. The number of hydrogen-bond donors (Lipinski definition) is 1. The number of nitrogens with one attached hydrogen (secondary N) is 1. The number of morpholine rings is 1. The van der Waals surface area contributed by atoms with Crippen molar-refractivity contribution in [3.8, 4) is 11.1 Å². The zero-order valence-electron chi connectivity index (χ0n) is 23.3. The first-order valence-electron chi connectivity index (χ1n) is 14.1. The van der Waals surface area contributed by atoms with Gasteiger partial charge in [-0.1, -0.05) is 13.0 Å². The van der Waals surface area contributed by atoms with E-state index < -0.39 is 0 Å². The largest absolute Gasteiger partial charge is 0.369 e. The van der Waals surface area contributed by atoms with E-state index in [0.29, 0.717) is 0 Å². The van der Waals surface area contributed by atoms with Crippen molar-refractivity contribution in [3.05, 3.63) is 69.9 Å². The zero-order chi connectivity index (χ0) is 27.0. The van der Waals surface area contributed by atoms with Crippen molar-refractivity contribution in [1.29, 1.82) is 0 Å². The highest BCUT2D eigenvalue weighted by molar-refractivity contribution is 5.67. The topological polar surface area (TPSA) is 78.8 Å². The maximum Gasteiger partial charge on any atom is 0.253 e. The number of pyridine rings is 3. The van der Waals surface area contributed by atoms with Gasteiger partial charge in [-0.25, -0.2) is 9.97 Å². The smallest absolute Gasteiger partial charge is 0.253 e. The monoisotopic (exact) mass is 529 g/mol. The Hall–Kier alpha value is -3.27. The Morgan fingerprint density at radius 1 is 1.05 bits per heavy atom. The summed E-state index contributed by atoms with van der Waals surface area (Å²) in [5.41, 5.74) is 5.24. The Morgan fingerprint density at radius 3 is 2.51 bits per heavy atom. The van der Waals surface area contributed by atoms with E-state index in [0.717, 1.165) is 106 Å². The van der Waals surface area contributed by atoms with Crippen molar-refractivity contribution in [2.24, 2.45) is 7.05 Å². The van der Waals surface area contributed by atoms with Crippen molar-refractivity contribution in [2.45, 2.75) is 32.4 Å². The molecule has 0 amide bonds. The van der Waals surface area contributed by atoms with Gasteiger partial charge in [0.1, 0.15) is 17.2 Å². The van der Waals surface area contributed by atoms with Crippen LogP contribution in [-0.2, 0) is 24.8 Å². The van der Waals surface area contributed by atoms with Crippen LogP contribution in [0.5, 0.6) is 0 Å². The van der Waals surface area contributed by atoms with Crippen LogP contribution in [0.1, 0.15) is 23.7 Å². The molecule has 3 aliphatic rings. The molecular weight excluding hydrogens is 490 g/mol. The SMILES string of the molecule is CCc1nc(N2CCN(Cc3ccc(N4CC5(CNCCO5)C4)nc3)CC2)ccc1-c1cc(C)c(=O)n(C)c1. The van der Waals surface area contributed by atoms with Crippen LogP contribution in [0.15, 0.2) is 47.5 Å². The van der Waals surface area contributed by atoms with Crippen LogP contribution in [0.3, 0.4) is 0 Å². The molecule has 1 spiro atoms. The first-order chi connectivity index (χ1) is 18.9. The maximum atomic E-state index is 12.1. The number of rotatable bonds is 6. The zero-order valence-corrected chi connectivity index (χ0v) is 23.3. The van der Waals surface area contributed by atoms with Gasteiger partial charge in [0.05, 0.1) is 25.4 Å². The van der Waals surface area contributed by atoms with Crippen molar-refractivity contribution >= 4 is 11.6 Å². The lowest BCUT2D eigenvalue weighted by Crippen LogP contribution is -2.70. The molecule has 3 aliphatic heterocycles. The second-order valence-electron chi connectivity index (χ2n) is 11.2. The minimum Gasteiger partial charge on any atom is -0.369 e. The molecular formula is C30H39N7O2. The molecule has 3 aromatic rings. The van der Waals surface area contributed by atoms with Gasteiger partial charge < -0.3 is 24.4 Å². The molecule has 39 heavy (non-hydrogen) atoms. The molecule has 3 saturated heterocycles. The second kappa shape index (κ2) is 10.7. The van der Waals surface area contributed by atoms with Crippen LogP contribution in [0, 0.1) is 6.92 Å². The molecule has 9 heteroatoms. The van der Waals surface area contributed by atoms with Gasteiger partial charge >= 0.3 is 0 Å². The molecule has 0 saturated carbocycles. The van der Waals surface area contributed by atoms with Gasteiger partial charge in [-0.3, -0.25) is 9.69 Å². The average molecular weight is 530 g/mol. The first-order valence-corrected chi connectivity index (χ1v) is 14.1. The molecule has 0 aliphatic carbocycles. The van der Waals surface area contributed by atoms with E-state index >= 15 is 0 Å². The van der Waals surface area contributed by atoms with E-state index in [-0.39, 0.29) is 11.2 Å². The third-order valence-electron chi connectivity index (χ3n) is 8.30. The Kier molecular flexibility index (Phi) is 7.14. The summed E-state index contributed by atoms with van der Waals surface area (Å²) in [5, 5.41) is 3.44. The van der Waals surface area contributed by atoms with Crippen LogP contribution in [0.25, 0.3) is 11.1 Å². The molecule has 206 valence electrons. The van der Waals surface area contributed by atoms with Gasteiger partial charge in [-0.2, -0.15) is 0 Å². The lowest BCUT2D eigenvalue weighted by atomic mass is 9.92. The molecule has 9 nitrogen and oxygen atoms in total. The lowest BCUT2D eigenvalue weighted by Gasteiger charge is -2.52. The third-order valence-corrected chi connectivity index (χ3v) is 8.30. The number of ether oxygens (including phenoxy) is 1. The number of nitrogens with zero attached hydrogens (tertiary/aromatic N) is 6. The average Bonchev–Trinajstić information content (AvgIpc) is 2.95. The number of aryl methyl sites for hydroxylation is 3. The van der Waals surface area contributed by atoms with Crippen LogP contribution in [-0.4, -0.2) is 84.0 Å². The normalized spacial score (nSPS) is 19.4. The van der Waals surface area contributed by atoms with Gasteiger partial charge in [-0.05, 0) is 43.2 Å². The molecule has 3 fully saturated rings. The van der Waals surface area contributed by atoms with E-state index in [9.17, 15) is 4.79 Å². The summed E-state index contributed by atoms with van der Waals surface area (Å²) in [5.74, 6) is 2.07. The Balaban J connectivity index is 1.04. The molecule has 0 atom stereocenters. The number of piperazine rings is 1. The predicted octanol–water partition coefficient (Wildman–Crippen LogP) is 2.21. The molecule has 6 heterocycles. The highest BCUT2D eigenvalue weighted by atomic mass is 16.5. The summed E-state index contributed by atoms with van der Waals surface area (Å²) in [6, 6.07) is 10.6. The molecule has 3 aromatic heterocycles. The minimum atomic E-state index is -0.0221. The van der Waals surface area contributed by atoms with Crippen LogP contribution >= 0.6 is 0 Å². The van der Waals surface area contributed by atoms with E-state index in [2.05, 4.69) is 51.2 Å². The highest BCUT2D eigenvalue weighted by Crippen LogP contribution is 2.30. The molecule has 0 aromatic carbocycles. The Bertz CT molecular complexity index is 1340. The Labute approximate surface area is 230 Å². The standard InChI is InChI=1S/C30H39N7O2/c1-4-26-25(24-15-22(2)29(38)34(3)18-24)6-8-28(33-26)36-12-10-35(11-13-36)17-23-5-7-27(32-16-23)37-20-30(21-37)19-31-9-14-39-30/h5-8,15-16,18,31H,4,9-14,17,19-21H2,1-3H3. The number of hydrogen-bond acceptors (Lipinski definition) is 8. The van der Waals surface area contributed by atoms with Crippen LogP contribution in [0.4, 0.5) is 11.6 Å².